The van der Waals surface area contributed by atoms with Crippen LogP contribution in [-0.2, 0) is 9.53 Å². The molecule has 21 heavy (non-hydrogen) atoms. The van der Waals surface area contributed by atoms with Crippen molar-refractivity contribution in [1.82, 2.24) is 0 Å². The number of hydrogen-bond acceptors (Lipinski definition) is 2. The van der Waals surface area contributed by atoms with Crippen molar-refractivity contribution in [2.75, 3.05) is 0 Å². The highest BCUT2D eigenvalue weighted by molar-refractivity contribution is 5.74. The van der Waals surface area contributed by atoms with E-state index in [2.05, 4.69) is 0 Å². The highest BCUT2D eigenvalue weighted by Gasteiger charge is 2.47. The summed E-state index contributed by atoms with van der Waals surface area (Å²) in [6.07, 6.45) is 15.7. The fourth-order valence-corrected chi connectivity index (χ4v) is 4.95. The first-order chi connectivity index (χ1) is 10.1. The zero-order valence-electron chi connectivity index (χ0n) is 13.2. The van der Waals surface area contributed by atoms with Gasteiger partial charge in [-0.25, -0.2) is 0 Å². The van der Waals surface area contributed by atoms with E-state index in [0.717, 1.165) is 44.9 Å². The van der Waals surface area contributed by atoms with Crippen molar-refractivity contribution in [2.24, 2.45) is 5.41 Å². The second kappa shape index (κ2) is 6.28. The summed E-state index contributed by atoms with van der Waals surface area (Å²) in [7, 11) is 0. The van der Waals surface area contributed by atoms with E-state index < -0.39 is 11.4 Å². The van der Waals surface area contributed by atoms with Crippen LogP contribution in [0, 0.1) is 5.41 Å². The number of carbonyl (C=O) groups is 1. The van der Waals surface area contributed by atoms with Crippen molar-refractivity contribution >= 4 is 5.97 Å². The Hall–Kier alpha value is -0.570. The molecule has 3 nitrogen and oxygen atoms in total. The summed E-state index contributed by atoms with van der Waals surface area (Å²) in [4.78, 5) is 12.0. The summed E-state index contributed by atoms with van der Waals surface area (Å²) < 4.78 is 6.40. The van der Waals surface area contributed by atoms with Crippen LogP contribution >= 0.6 is 0 Å². The largest absolute Gasteiger partial charge is 0.481 e. The van der Waals surface area contributed by atoms with Gasteiger partial charge in [0, 0.05) is 0 Å². The highest BCUT2D eigenvalue weighted by Crippen LogP contribution is 2.48. The molecule has 3 rings (SSSR count). The van der Waals surface area contributed by atoms with Crippen LogP contribution in [0.4, 0.5) is 0 Å². The van der Waals surface area contributed by atoms with Crippen LogP contribution < -0.4 is 0 Å². The maximum Gasteiger partial charge on any atom is 0.309 e. The topological polar surface area (TPSA) is 46.5 Å². The minimum Gasteiger partial charge on any atom is -0.481 e. The molecule has 120 valence electrons. The molecule has 0 aromatic rings. The molecule has 3 aliphatic rings. The minimum absolute atomic E-state index is 0.131. The van der Waals surface area contributed by atoms with Crippen LogP contribution in [0.3, 0.4) is 0 Å². The molecule has 1 unspecified atom stereocenters. The molecular weight excluding hydrogens is 264 g/mol. The van der Waals surface area contributed by atoms with E-state index in [0.29, 0.717) is 0 Å². The second-order valence-corrected chi connectivity index (χ2v) is 7.73. The third-order valence-corrected chi connectivity index (χ3v) is 6.24. The van der Waals surface area contributed by atoms with Crippen molar-refractivity contribution in [3.05, 3.63) is 0 Å². The lowest BCUT2D eigenvalue weighted by Crippen LogP contribution is -2.36. The van der Waals surface area contributed by atoms with Gasteiger partial charge >= 0.3 is 5.97 Å². The maximum atomic E-state index is 12.0. The van der Waals surface area contributed by atoms with E-state index in [9.17, 15) is 9.90 Å². The fraction of sp³-hybridized carbons (Fsp3) is 0.944. The maximum absolute atomic E-state index is 12.0. The summed E-state index contributed by atoms with van der Waals surface area (Å²) in [6.45, 7) is 0. The molecular formula is C18H30O3. The van der Waals surface area contributed by atoms with E-state index >= 15 is 0 Å². The quantitative estimate of drug-likeness (QED) is 0.821. The second-order valence-electron chi connectivity index (χ2n) is 7.73. The summed E-state index contributed by atoms with van der Waals surface area (Å²) >= 11 is 0. The average Bonchev–Trinajstić information content (AvgIpc) is 3.03. The van der Waals surface area contributed by atoms with Gasteiger partial charge in [0.2, 0.25) is 0 Å². The molecule has 1 aliphatic heterocycles. The number of rotatable bonds is 3. The predicted octanol–water partition coefficient (Wildman–Crippen LogP) is 4.68. The standard InChI is InChI=1S/C18H30O3/c19-16(20)17(9-4-2-1-3-5-10-17)14-15-8-13-18(21-15)11-6-7-12-18/h15H,1-14H2,(H,19,20). The first-order valence-corrected chi connectivity index (χ1v) is 9.06. The van der Waals surface area contributed by atoms with E-state index in [-0.39, 0.29) is 11.7 Å². The third kappa shape index (κ3) is 3.28. The molecule has 0 aromatic heterocycles. The third-order valence-electron chi connectivity index (χ3n) is 6.24. The average molecular weight is 294 g/mol. The van der Waals surface area contributed by atoms with Crippen LogP contribution in [0.25, 0.3) is 0 Å². The first-order valence-electron chi connectivity index (χ1n) is 9.06. The van der Waals surface area contributed by atoms with Gasteiger partial charge < -0.3 is 9.84 Å². The van der Waals surface area contributed by atoms with Crippen LogP contribution in [-0.4, -0.2) is 22.8 Å². The molecule has 1 heterocycles. The Balaban J connectivity index is 1.66. The van der Waals surface area contributed by atoms with E-state index in [1.54, 1.807) is 0 Å². The van der Waals surface area contributed by atoms with E-state index in [1.165, 1.54) is 44.9 Å². The Morgan fingerprint density at radius 3 is 2.10 bits per heavy atom. The monoisotopic (exact) mass is 294 g/mol. The summed E-state index contributed by atoms with van der Waals surface area (Å²) in [5.41, 5.74) is -0.374. The number of carboxylic acid groups (broad SMARTS) is 1. The van der Waals surface area contributed by atoms with Gasteiger partial charge in [0.15, 0.2) is 0 Å². The Kier molecular flexibility index (Phi) is 4.58. The van der Waals surface area contributed by atoms with Crippen LogP contribution in [0.15, 0.2) is 0 Å². The summed E-state index contributed by atoms with van der Waals surface area (Å²) in [5, 5.41) is 9.87. The van der Waals surface area contributed by atoms with Crippen molar-refractivity contribution < 1.29 is 14.6 Å². The molecule has 1 saturated heterocycles. The molecule has 1 spiro atoms. The molecule has 0 bridgehead atoms. The molecule has 1 atom stereocenters. The smallest absolute Gasteiger partial charge is 0.309 e. The molecule has 3 fully saturated rings. The Bertz CT molecular complexity index is 363. The van der Waals surface area contributed by atoms with Crippen LogP contribution in [0.5, 0.6) is 0 Å². The van der Waals surface area contributed by atoms with Crippen molar-refractivity contribution in [3.8, 4) is 0 Å². The van der Waals surface area contributed by atoms with Crippen molar-refractivity contribution in [2.45, 2.75) is 102 Å². The van der Waals surface area contributed by atoms with E-state index in [4.69, 9.17) is 4.74 Å². The molecule has 3 heteroatoms. The van der Waals surface area contributed by atoms with Gasteiger partial charge in [-0.3, -0.25) is 4.79 Å². The number of carboxylic acids is 1. The molecule has 0 aromatic carbocycles. The minimum atomic E-state index is -0.569. The zero-order valence-corrected chi connectivity index (χ0v) is 13.2. The SMILES string of the molecule is O=C(O)C1(CC2CCC3(CCCC3)O2)CCCCCCC1. The Labute approximate surface area is 128 Å². The van der Waals surface area contributed by atoms with Crippen molar-refractivity contribution in [3.63, 3.8) is 0 Å². The molecule has 0 amide bonds. The molecule has 2 aliphatic carbocycles. The van der Waals surface area contributed by atoms with Crippen molar-refractivity contribution in [1.29, 1.82) is 0 Å². The number of ether oxygens (including phenoxy) is 1. The fourth-order valence-electron chi connectivity index (χ4n) is 4.95. The van der Waals surface area contributed by atoms with Gasteiger partial charge in [0.05, 0.1) is 17.1 Å². The molecule has 2 saturated carbocycles. The number of hydrogen-bond donors (Lipinski definition) is 1. The molecule has 1 N–H and O–H groups in total. The van der Waals surface area contributed by atoms with Crippen LogP contribution in [0.2, 0.25) is 0 Å². The van der Waals surface area contributed by atoms with Gasteiger partial charge in [0.1, 0.15) is 0 Å². The van der Waals surface area contributed by atoms with E-state index in [1.807, 2.05) is 0 Å². The lowest BCUT2D eigenvalue weighted by molar-refractivity contribution is -0.154. The summed E-state index contributed by atoms with van der Waals surface area (Å²) in [5.74, 6) is -0.569. The molecule has 0 radical (unpaired) electrons. The van der Waals surface area contributed by atoms with Crippen LogP contribution in [0.1, 0.15) is 89.9 Å². The Morgan fingerprint density at radius 1 is 0.905 bits per heavy atom. The lowest BCUT2D eigenvalue weighted by atomic mass is 9.72. The van der Waals surface area contributed by atoms with Gasteiger partial charge in [-0.05, 0) is 44.9 Å². The van der Waals surface area contributed by atoms with Gasteiger partial charge in [-0.2, -0.15) is 0 Å². The first kappa shape index (κ1) is 15.3. The Morgan fingerprint density at radius 2 is 1.48 bits per heavy atom. The van der Waals surface area contributed by atoms with Gasteiger partial charge in [-0.1, -0.05) is 44.9 Å². The lowest BCUT2D eigenvalue weighted by Gasteiger charge is -2.34. The normalized spacial score (nSPS) is 31.9. The van der Waals surface area contributed by atoms with Gasteiger partial charge in [-0.15, -0.1) is 0 Å². The zero-order chi connectivity index (χ0) is 14.8. The highest BCUT2D eigenvalue weighted by atomic mass is 16.5. The van der Waals surface area contributed by atoms with Gasteiger partial charge in [0.25, 0.3) is 0 Å². The summed E-state index contributed by atoms with van der Waals surface area (Å²) in [6, 6.07) is 0. The predicted molar refractivity (Wildman–Crippen MR) is 82.3 cm³/mol. The number of aliphatic carboxylic acids is 1.